The molecule has 58 valence electrons. The lowest BCUT2D eigenvalue weighted by molar-refractivity contribution is 0.417. The average Bonchev–Trinajstić information content (AvgIpc) is 2.04. The minimum absolute atomic E-state index is 0.501. The zero-order valence-corrected chi connectivity index (χ0v) is 6.16. The van der Waals surface area contributed by atoms with Gasteiger partial charge in [0, 0.05) is 0 Å². The zero-order chi connectivity index (χ0) is 8.27. The highest BCUT2D eigenvalue weighted by molar-refractivity contribution is 5.59. The van der Waals surface area contributed by atoms with Gasteiger partial charge in [-0.2, -0.15) is 5.11 Å². The van der Waals surface area contributed by atoms with E-state index in [0.29, 0.717) is 17.1 Å². The second-order valence-corrected chi connectivity index (χ2v) is 2.04. The normalized spacial score (nSPS) is 9.18. The first-order chi connectivity index (χ1) is 5.27. The van der Waals surface area contributed by atoms with Crippen LogP contribution in [0.2, 0.25) is 0 Å². The molecule has 0 fully saturated rings. The summed E-state index contributed by atoms with van der Waals surface area (Å²) in [6.45, 7) is 0. The molecule has 0 saturated carbocycles. The highest BCUT2D eigenvalue weighted by atomic mass is 16.5. The van der Waals surface area contributed by atoms with E-state index in [1.54, 1.807) is 25.3 Å². The van der Waals surface area contributed by atoms with Gasteiger partial charge in [0.2, 0.25) is 0 Å². The van der Waals surface area contributed by atoms with Crippen LogP contribution in [0.4, 0.5) is 11.4 Å². The van der Waals surface area contributed by atoms with Crippen LogP contribution in [0.5, 0.6) is 5.75 Å². The highest BCUT2D eigenvalue weighted by Gasteiger charge is 1.98. The van der Waals surface area contributed by atoms with Gasteiger partial charge in [0.25, 0.3) is 0 Å². The molecule has 0 saturated heterocycles. The lowest BCUT2D eigenvalue weighted by Crippen LogP contribution is -1.90. The van der Waals surface area contributed by atoms with Gasteiger partial charge in [-0.3, -0.25) is 0 Å². The van der Waals surface area contributed by atoms with Crippen molar-refractivity contribution >= 4 is 11.4 Å². The van der Waals surface area contributed by atoms with Crippen LogP contribution >= 0.6 is 0 Å². The fourth-order valence-electron chi connectivity index (χ4n) is 0.791. The number of nitrogens with zero attached hydrogens (tertiary/aromatic N) is 1. The van der Waals surface area contributed by atoms with Crippen molar-refractivity contribution in [3.05, 3.63) is 18.2 Å². The van der Waals surface area contributed by atoms with E-state index in [1.165, 1.54) is 0 Å². The third-order valence-corrected chi connectivity index (χ3v) is 1.34. The van der Waals surface area contributed by atoms with Crippen LogP contribution in [0.25, 0.3) is 0 Å². The predicted octanol–water partition coefficient (Wildman–Crippen LogP) is 1.94. The molecule has 3 N–H and O–H groups in total. The summed E-state index contributed by atoms with van der Waals surface area (Å²) in [4.78, 5) is 0. The van der Waals surface area contributed by atoms with E-state index in [-0.39, 0.29) is 0 Å². The summed E-state index contributed by atoms with van der Waals surface area (Å²) in [7, 11) is 1.54. The average molecular weight is 151 g/mol. The van der Waals surface area contributed by atoms with Crippen molar-refractivity contribution in [2.45, 2.75) is 0 Å². The molecule has 1 aromatic rings. The molecule has 1 aromatic carbocycles. The molecule has 0 aliphatic carbocycles. The van der Waals surface area contributed by atoms with Crippen molar-refractivity contribution in [3.63, 3.8) is 0 Å². The first kappa shape index (κ1) is 7.53. The van der Waals surface area contributed by atoms with Gasteiger partial charge in [-0.05, 0) is 18.2 Å². The van der Waals surface area contributed by atoms with Crippen molar-refractivity contribution < 1.29 is 4.74 Å². The summed E-state index contributed by atoms with van der Waals surface area (Å²) in [6.07, 6.45) is 0. The minimum atomic E-state index is 0.501. The number of nitrogens with one attached hydrogen (secondary N) is 1. The molecular formula is C7H9N3O. The van der Waals surface area contributed by atoms with Gasteiger partial charge in [0.1, 0.15) is 5.75 Å². The fraction of sp³-hybridized carbons (Fsp3) is 0.143. The molecule has 0 spiro atoms. The summed E-state index contributed by atoms with van der Waals surface area (Å²) in [5, 5.41) is 3.22. The quantitative estimate of drug-likeness (QED) is 0.500. The number of rotatable bonds is 2. The van der Waals surface area contributed by atoms with Crippen LogP contribution in [-0.2, 0) is 0 Å². The van der Waals surface area contributed by atoms with Crippen LogP contribution in [0, 0.1) is 5.53 Å². The Bertz CT molecular complexity index is 272. The maximum Gasteiger partial charge on any atom is 0.141 e. The Balaban J connectivity index is 3.09. The first-order valence-electron chi connectivity index (χ1n) is 3.09. The Morgan fingerprint density at radius 3 is 2.73 bits per heavy atom. The number of benzene rings is 1. The van der Waals surface area contributed by atoms with Crippen LogP contribution < -0.4 is 10.5 Å². The summed E-state index contributed by atoms with van der Waals surface area (Å²) < 4.78 is 4.92. The summed E-state index contributed by atoms with van der Waals surface area (Å²) >= 11 is 0. The van der Waals surface area contributed by atoms with Crippen molar-refractivity contribution in [3.8, 4) is 5.75 Å². The Kier molecular flexibility index (Phi) is 2.06. The van der Waals surface area contributed by atoms with Crippen molar-refractivity contribution in [1.82, 2.24) is 0 Å². The lowest BCUT2D eigenvalue weighted by Gasteiger charge is -2.02. The van der Waals surface area contributed by atoms with Crippen LogP contribution in [0.1, 0.15) is 0 Å². The standard InChI is InChI=1S/C7H9N3O/c1-11-7-3-2-5(10-9)4-6(7)8/h2-4,9H,8H2,1H3. The molecule has 4 heteroatoms. The number of nitrogen functional groups attached to an aromatic ring is 1. The smallest absolute Gasteiger partial charge is 0.141 e. The second kappa shape index (κ2) is 3.01. The SMILES string of the molecule is COc1ccc(N=N)cc1N. The highest BCUT2D eigenvalue weighted by Crippen LogP contribution is 2.25. The van der Waals surface area contributed by atoms with Crippen molar-refractivity contribution in [1.29, 1.82) is 5.53 Å². The molecule has 0 aromatic heterocycles. The Labute approximate surface area is 64.5 Å². The number of hydrogen-bond donors (Lipinski definition) is 2. The van der Waals surface area contributed by atoms with Gasteiger partial charge in [-0.25, -0.2) is 5.53 Å². The first-order valence-corrected chi connectivity index (χ1v) is 3.09. The van der Waals surface area contributed by atoms with Crippen LogP contribution in [0.3, 0.4) is 0 Å². The summed E-state index contributed by atoms with van der Waals surface area (Å²) in [5.41, 5.74) is 13.3. The molecule has 0 bridgehead atoms. The molecule has 4 nitrogen and oxygen atoms in total. The molecule has 0 atom stereocenters. The largest absolute Gasteiger partial charge is 0.495 e. The van der Waals surface area contributed by atoms with Gasteiger partial charge in [0.05, 0.1) is 18.5 Å². The van der Waals surface area contributed by atoms with E-state index < -0.39 is 0 Å². The summed E-state index contributed by atoms with van der Waals surface area (Å²) in [6, 6.07) is 4.94. The van der Waals surface area contributed by atoms with E-state index in [9.17, 15) is 0 Å². The molecule has 0 aliphatic heterocycles. The third-order valence-electron chi connectivity index (χ3n) is 1.34. The number of methoxy groups -OCH3 is 1. The molecule has 0 amide bonds. The number of nitrogens with two attached hydrogens (primary N) is 1. The molecule has 1 rings (SSSR count). The fourth-order valence-corrected chi connectivity index (χ4v) is 0.791. The lowest BCUT2D eigenvalue weighted by atomic mass is 10.2. The number of ether oxygens (including phenoxy) is 1. The van der Waals surface area contributed by atoms with E-state index in [1.807, 2.05) is 0 Å². The second-order valence-electron chi connectivity index (χ2n) is 2.04. The van der Waals surface area contributed by atoms with E-state index >= 15 is 0 Å². The van der Waals surface area contributed by atoms with E-state index in [0.717, 1.165) is 0 Å². The molecule has 0 radical (unpaired) electrons. The Hall–Kier alpha value is -1.58. The van der Waals surface area contributed by atoms with Gasteiger partial charge in [-0.15, -0.1) is 0 Å². The Morgan fingerprint density at radius 2 is 2.27 bits per heavy atom. The maximum absolute atomic E-state index is 6.70. The minimum Gasteiger partial charge on any atom is -0.495 e. The van der Waals surface area contributed by atoms with Gasteiger partial charge in [0.15, 0.2) is 0 Å². The van der Waals surface area contributed by atoms with Crippen molar-refractivity contribution in [2.75, 3.05) is 12.8 Å². The van der Waals surface area contributed by atoms with Gasteiger partial charge in [-0.1, -0.05) is 0 Å². The molecule has 0 unspecified atom stereocenters. The van der Waals surface area contributed by atoms with Crippen molar-refractivity contribution in [2.24, 2.45) is 5.11 Å². The molecule has 11 heavy (non-hydrogen) atoms. The zero-order valence-electron chi connectivity index (χ0n) is 6.16. The third kappa shape index (κ3) is 1.46. The topological polar surface area (TPSA) is 71.5 Å². The summed E-state index contributed by atoms with van der Waals surface area (Å²) in [5.74, 6) is 0.609. The number of anilines is 1. The van der Waals surface area contributed by atoms with Crippen LogP contribution in [-0.4, -0.2) is 7.11 Å². The molecular weight excluding hydrogens is 142 g/mol. The van der Waals surface area contributed by atoms with Gasteiger partial charge >= 0.3 is 0 Å². The van der Waals surface area contributed by atoms with Gasteiger partial charge < -0.3 is 10.5 Å². The predicted molar refractivity (Wildman–Crippen MR) is 42.2 cm³/mol. The monoisotopic (exact) mass is 151 g/mol. The number of hydrogen-bond acceptors (Lipinski definition) is 4. The molecule has 0 aliphatic rings. The maximum atomic E-state index is 6.70. The van der Waals surface area contributed by atoms with E-state index in [4.69, 9.17) is 16.0 Å². The molecule has 0 heterocycles. The Morgan fingerprint density at radius 1 is 1.55 bits per heavy atom. The van der Waals surface area contributed by atoms with E-state index in [2.05, 4.69) is 5.11 Å². The van der Waals surface area contributed by atoms with Crippen LogP contribution in [0.15, 0.2) is 23.3 Å².